The molecule has 4 nitrogen and oxygen atoms in total. The fourth-order valence-corrected chi connectivity index (χ4v) is 2.07. The maximum atomic E-state index is 11.0. The minimum absolute atomic E-state index is 0.344. The lowest BCUT2D eigenvalue weighted by Gasteiger charge is -2.15. The SMILES string of the molecule is CN1CCC(Nc2ccccc2C(=O)O)C1. The summed E-state index contributed by atoms with van der Waals surface area (Å²) in [6, 6.07) is 7.40. The number of carboxylic acid groups (broad SMARTS) is 1. The highest BCUT2D eigenvalue weighted by atomic mass is 16.4. The van der Waals surface area contributed by atoms with Crippen LogP contribution in [0.2, 0.25) is 0 Å². The van der Waals surface area contributed by atoms with Crippen LogP contribution in [0.3, 0.4) is 0 Å². The van der Waals surface area contributed by atoms with E-state index in [1.54, 1.807) is 12.1 Å². The summed E-state index contributed by atoms with van der Waals surface area (Å²) in [7, 11) is 2.07. The number of anilines is 1. The molecule has 1 aliphatic rings. The number of likely N-dealkylation sites (N-methyl/N-ethyl adjacent to an activating group) is 1. The maximum Gasteiger partial charge on any atom is 0.337 e. The summed E-state index contributed by atoms with van der Waals surface area (Å²) in [5.74, 6) is -0.880. The molecule has 1 aromatic carbocycles. The van der Waals surface area contributed by atoms with Gasteiger partial charge in [-0.15, -0.1) is 0 Å². The molecule has 1 fully saturated rings. The highest BCUT2D eigenvalue weighted by molar-refractivity contribution is 5.94. The third kappa shape index (κ3) is 2.33. The zero-order valence-electron chi connectivity index (χ0n) is 9.31. The van der Waals surface area contributed by atoms with E-state index in [1.807, 2.05) is 12.1 Å². The van der Waals surface area contributed by atoms with Gasteiger partial charge in [-0.2, -0.15) is 0 Å². The van der Waals surface area contributed by atoms with E-state index < -0.39 is 5.97 Å². The standard InChI is InChI=1S/C12H16N2O2/c1-14-7-6-9(8-14)13-11-5-3-2-4-10(11)12(15)16/h2-5,9,13H,6-8H2,1H3,(H,15,16). The number of hydrogen-bond acceptors (Lipinski definition) is 3. The van der Waals surface area contributed by atoms with Crippen LogP contribution < -0.4 is 5.32 Å². The summed E-state index contributed by atoms with van der Waals surface area (Å²) < 4.78 is 0. The van der Waals surface area contributed by atoms with Crippen LogP contribution in [0.15, 0.2) is 24.3 Å². The van der Waals surface area contributed by atoms with Gasteiger partial charge in [0.2, 0.25) is 0 Å². The summed E-state index contributed by atoms with van der Waals surface area (Å²) >= 11 is 0. The topological polar surface area (TPSA) is 52.6 Å². The lowest BCUT2D eigenvalue weighted by molar-refractivity contribution is 0.0698. The average molecular weight is 220 g/mol. The van der Waals surface area contributed by atoms with E-state index in [2.05, 4.69) is 17.3 Å². The number of nitrogens with one attached hydrogen (secondary N) is 1. The van der Waals surface area contributed by atoms with Crippen molar-refractivity contribution in [2.75, 3.05) is 25.5 Å². The fraction of sp³-hybridized carbons (Fsp3) is 0.417. The Morgan fingerprint density at radius 3 is 2.88 bits per heavy atom. The lowest BCUT2D eigenvalue weighted by atomic mass is 10.1. The highest BCUT2D eigenvalue weighted by Crippen LogP contribution is 2.19. The number of para-hydroxylation sites is 1. The second-order valence-corrected chi connectivity index (χ2v) is 4.24. The molecule has 4 heteroatoms. The predicted octanol–water partition coefficient (Wildman–Crippen LogP) is 1.50. The number of likely N-dealkylation sites (tertiary alicyclic amines) is 1. The number of hydrogen-bond donors (Lipinski definition) is 2. The van der Waals surface area contributed by atoms with Gasteiger partial charge in [-0.05, 0) is 32.1 Å². The molecular weight excluding hydrogens is 204 g/mol. The first-order valence-electron chi connectivity index (χ1n) is 5.44. The van der Waals surface area contributed by atoms with E-state index in [9.17, 15) is 4.79 Å². The molecule has 2 N–H and O–H groups in total. The molecule has 16 heavy (non-hydrogen) atoms. The minimum Gasteiger partial charge on any atom is -0.478 e. The Hall–Kier alpha value is -1.55. The summed E-state index contributed by atoms with van der Waals surface area (Å²) in [4.78, 5) is 13.2. The van der Waals surface area contributed by atoms with Crippen LogP contribution >= 0.6 is 0 Å². The summed E-state index contributed by atoms with van der Waals surface area (Å²) in [5.41, 5.74) is 1.06. The largest absolute Gasteiger partial charge is 0.478 e. The quantitative estimate of drug-likeness (QED) is 0.810. The molecular formula is C12H16N2O2. The monoisotopic (exact) mass is 220 g/mol. The zero-order chi connectivity index (χ0) is 11.5. The summed E-state index contributed by atoms with van der Waals surface area (Å²) in [5, 5.41) is 12.3. The van der Waals surface area contributed by atoms with Gasteiger partial charge in [0.05, 0.1) is 5.56 Å². The molecule has 1 aliphatic heterocycles. The van der Waals surface area contributed by atoms with Crippen molar-refractivity contribution >= 4 is 11.7 Å². The normalized spacial score (nSPS) is 20.9. The molecule has 0 bridgehead atoms. The molecule has 1 atom stereocenters. The zero-order valence-corrected chi connectivity index (χ0v) is 9.31. The molecule has 0 radical (unpaired) electrons. The van der Waals surface area contributed by atoms with E-state index in [-0.39, 0.29) is 0 Å². The molecule has 0 amide bonds. The number of benzene rings is 1. The van der Waals surface area contributed by atoms with Crippen LogP contribution in [-0.4, -0.2) is 42.2 Å². The van der Waals surface area contributed by atoms with Gasteiger partial charge in [0, 0.05) is 18.3 Å². The van der Waals surface area contributed by atoms with E-state index in [4.69, 9.17) is 5.11 Å². The van der Waals surface area contributed by atoms with Gasteiger partial charge >= 0.3 is 5.97 Å². The molecule has 0 aliphatic carbocycles. The van der Waals surface area contributed by atoms with E-state index >= 15 is 0 Å². The Morgan fingerprint density at radius 2 is 2.25 bits per heavy atom. The molecule has 0 saturated carbocycles. The third-order valence-corrected chi connectivity index (χ3v) is 2.91. The number of rotatable bonds is 3. The number of carbonyl (C=O) groups is 1. The molecule has 1 aromatic rings. The van der Waals surface area contributed by atoms with Crippen LogP contribution in [0, 0.1) is 0 Å². The second kappa shape index (κ2) is 4.53. The average Bonchev–Trinajstić information content (AvgIpc) is 2.64. The van der Waals surface area contributed by atoms with Crippen molar-refractivity contribution in [3.63, 3.8) is 0 Å². The van der Waals surface area contributed by atoms with E-state index in [0.717, 1.165) is 25.2 Å². The van der Waals surface area contributed by atoms with Crippen LogP contribution in [0.4, 0.5) is 5.69 Å². The molecule has 1 saturated heterocycles. The highest BCUT2D eigenvalue weighted by Gasteiger charge is 2.20. The molecule has 86 valence electrons. The van der Waals surface area contributed by atoms with Crippen molar-refractivity contribution in [3.8, 4) is 0 Å². The van der Waals surface area contributed by atoms with Gasteiger partial charge in [-0.25, -0.2) is 4.79 Å². The van der Waals surface area contributed by atoms with Crippen LogP contribution in [-0.2, 0) is 0 Å². The van der Waals surface area contributed by atoms with Gasteiger partial charge in [-0.3, -0.25) is 0 Å². The lowest BCUT2D eigenvalue weighted by Crippen LogP contribution is -2.24. The minimum atomic E-state index is -0.880. The number of carboxylic acids is 1. The van der Waals surface area contributed by atoms with Crippen molar-refractivity contribution in [1.29, 1.82) is 0 Å². The Morgan fingerprint density at radius 1 is 1.50 bits per heavy atom. The molecule has 0 aromatic heterocycles. The first kappa shape index (κ1) is 11.0. The molecule has 1 unspecified atom stereocenters. The van der Waals surface area contributed by atoms with Gasteiger partial charge in [0.25, 0.3) is 0 Å². The van der Waals surface area contributed by atoms with Crippen LogP contribution in [0.5, 0.6) is 0 Å². The summed E-state index contributed by atoms with van der Waals surface area (Å²) in [6.45, 7) is 2.03. The first-order chi connectivity index (χ1) is 7.66. The van der Waals surface area contributed by atoms with Crippen molar-refractivity contribution in [2.45, 2.75) is 12.5 Å². The first-order valence-corrected chi connectivity index (χ1v) is 5.44. The maximum absolute atomic E-state index is 11.0. The number of nitrogens with zero attached hydrogens (tertiary/aromatic N) is 1. The van der Waals surface area contributed by atoms with Crippen molar-refractivity contribution < 1.29 is 9.90 Å². The Kier molecular flexibility index (Phi) is 3.10. The second-order valence-electron chi connectivity index (χ2n) is 4.24. The predicted molar refractivity (Wildman–Crippen MR) is 62.9 cm³/mol. The fourth-order valence-electron chi connectivity index (χ4n) is 2.07. The molecule has 1 heterocycles. The van der Waals surface area contributed by atoms with Crippen molar-refractivity contribution in [1.82, 2.24) is 4.90 Å². The third-order valence-electron chi connectivity index (χ3n) is 2.91. The van der Waals surface area contributed by atoms with Crippen LogP contribution in [0.1, 0.15) is 16.8 Å². The van der Waals surface area contributed by atoms with Crippen molar-refractivity contribution in [3.05, 3.63) is 29.8 Å². The summed E-state index contributed by atoms with van der Waals surface area (Å²) in [6.07, 6.45) is 1.06. The molecule has 0 spiro atoms. The van der Waals surface area contributed by atoms with Gasteiger partial charge in [0.15, 0.2) is 0 Å². The van der Waals surface area contributed by atoms with Gasteiger partial charge < -0.3 is 15.3 Å². The van der Waals surface area contributed by atoms with Gasteiger partial charge in [-0.1, -0.05) is 12.1 Å². The van der Waals surface area contributed by atoms with Gasteiger partial charge in [0.1, 0.15) is 0 Å². The number of aromatic carboxylic acids is 1. The van der Waals surface area contributed by atoms with Crippen LogP contribution in [0.25, 0.3) is 0 Å². The Labute approximate surface area is 94.9 Å². The van der Waals surface area contributed by atoms with E-state index in [0.29, 0.717) is 11.6 Å². The van der Waals surface area contributed by atoms with E-state index in [1.165, 1.54) is 0 Å². The smallest absolute Gasteiger partial charge is 0.337 e. The molecule has 2 rings (SSSR count). The van der Waals surface area contributed by atoms with Crippen molar-refractivity contribution in [2.24, 2.45) is 0 Å². The Balaban J connectivity index is 2.12. The Bertz CT molecular complexity index is 392.